The lowest BCUT2D eigenvalue weighted by Crippen LogP contribution is -2.57. The number of amides is 2. The molecule has 3 rings (SSSR count). The van der Waals surface area contributed by atoms with Crippen molar-refractivity contribution in [1.29, 1.82) is 0 Å². The molecule has 9 heteroatoms. The molecule has 3 aliphatic rings. The number of carbonyl (C=O) groups is 2. The molecule has 0 aromatic carbocycles. The van der Waals surface area contributed by atoms with Crippen LogP contribution in [-0.2, 0) is 14.3 Å². The van der Waals surface area contributed by atoms with E-state index >= 15 is 0 Å². The van der Waals surface area contributed by atoms with E-state index in [4.69, 9.17) is 9.47 Å². The number of rotatable bonds is 3. The maximum Gasteiger partial charge on any atom is 0.410 e. The molecule has 2 amide bonds. The van der Waals surface area contributed by atoms with E-state index in [1.54, 1.807) is 7.05 Å². The summed E-state index contributed by atoms with van der Waals surface area (Å²) < 4.78 is 11.1. The molecule has 31 heavy (non-hydrogen) atoms. The van der Waals surface area contributed by atoms with E-state index in [-0.39, 0.29) is 24.1 Å². The first kappa shape index (κ1) is 23.6. The molecule has 0 aliphatic carbocycles. The normalized spacial score (nSPS) is 25.5. The van der Waals surface area contributed by atoms with Gasteiger partial charge in [-0.1, -0.05) is 0 Å². The minimum absolute atomic E-state index is 0.0859. The van der Waals surface area contributed by atoms with E-state index in [1.165, 1.54) is 0 Å². The maximum atomic E-state index is 12.6. The minimum atomic E-state index is -0.497. The van der Waals surface area contributed by atoms with Crippen LogP contribution in [-0.4, -0.2) is 103 Å². The molecule has 3 heterocycles. The predicted octanol–water partition coefficient (Wildman–Crippen LogP) is 1.67. The van der Waals surface area contributed by atoms with Crippen molar-refractivity contribution in [2.45, 2.75) is 70.6 Å². The zero-order chi connectivity index (χ0) is 22.4. The van der Waals surface area contributed by atoms with Gasteiger partial charge in [-0.25, -0.2) is 4.79 Å². The van der Waals surface area contributed by atoms with Crippen molar-refractivity contribution < 1.29 is 19.1 Å². The van der Waals surface area contributed by atoms with E-state index in [0.29, 0.717) is 26.2 Å². The number of nitrogens with zero attached hydrogens (tertiary/aromatic N) is 4. The monoisotopic (exact) mass is 437 g/mol. The number of nitrogens with one attached hydrogen (secondary N) is 1. The van der Waals surface area contributed by atoms with Gasteiger partial charge < -0.3 is 29.5 Å². The van der Waals surface area contributed by atoms with Gasteiger partial charge in [0.05, 0.1) is 6.04 Å². The van der Waals surface area contributed by atoms with Gasteiger partial charge in [-0.3, -0.25) is 9.79 Å². The SMILES string of the molecule is CN=C(NCC1CCCCN1C(=O)OC(C)(C)C)N1CCN(C(=O)C2CCCO2)CC1. The van der Waals surface area contributed by atoms with Crippen molar-refractivity contribution in [2.24, 2.45) is 4.99 Å². The zero-order valence-electron chi connectivity index (χ0n) is 19.6. The average molecular weight is 438 g/mol. The Bertz CT molecular complexity index is 649. The number of hydrogen-bond acceptors (Lipinski definition) is 5. The fraction of sp³-hybridized carbons (Fsp3) is 0.864. The highest BCUT2D eigenvalue weighted by atomic mass is 16.6. The molecule has 3 fully saturated rings. The van der Waals surface area contributed by atoms with Gasteiger partial charge in [0.15, 0.2) is 5.96 Å². The largest absolute Gasteiger partial charge is 0.444 e. The first-order valence-corrected chi connectivity index (χ1v) is 11.6. The maximum absolute atomic E-state index is 12.6. The average Bonchev–Trinajstić information content (AvgIpc) is 3.28. The molecule has 0 bridgehead atoms. The smallest absolute Gasteiger partial charge is 0.410 e. The molecule has 0 aromatic rings. The van der Waals surface area contributed by atoms with Crippen molar-refractivity contribution in [3.8, 4) is 0 Å². The van der Waals surface area contributed by atoms with Crippen molar-refractivity contribution in [1.82, 2.24) is 20.0 Å². The Morgan fingerprint density at radius 1 is 1.03 bits per heavy atom. The van der Waals surface area contributed by atoms with Crippen LogP contribution in [0.3, 0.4) is 0 Å². The molecule has 0 radical (unpaired) electrons. The molecule has 0 aromatic heterocycles. The summed E-state index contributed by atoms with van der Waals surface area (Å²) in [6, 6.07) is 0.0859. The van der Waals surface area contributed by atoms with Gasteiger partial charge in [-0.15, -0.1) is 0 Å². The molecule has 2 atom stereocenters. The lowest BCUT2D eigenvalue weighted by Gasteiger charge is -2.39. The Hall–Kier alpha value is -2.03. The van der Waals surface area contributed by atoms with Crippen LogP contribution in [0, 0.1) is 0 Å². The lowest BCUT2D eigenvalue weighted by molar-refractivity contribution is -0.142. The van der Waals surface area contributed by atoms with Crippen LogP contribution in [0.2, 0.25) is 0 Å². The minimum Gasteiger partial charge on any atom is -0.444 e. The number of ether oxygens (including phenoxy) is 2. The van der Waals surface area contributed by atoms with E-state index in [1.807, 2.05) is 30.6 Å². The van der Waals surface area contributed by atoms with Gasteiger partial charge in [0.25, 0.3) is 5.91 Å². The Labute approximate surface area is 186 Å². The second-order valence-corrected chi connectivity index (χ2v) is 9.57. The Balaban J connectivity index is 1.49. The molecule has 1 N–H and O–H groups in total. The standard InChI is InChI=1S/C22H39N5O4/c1-22(2,3)31-21(29)27-10-6-5-8-17(27)16-24-20(23-4)26-13-11-25(12-14-26)19(28)18-9-7-15-30-18/h17-18H,5-16H2,1-4H3,(H,23,24). The number of likely N-dealkylation sites (tertiary alicyclic amines) is 1. The summed E-state index contributed by atoms with van der Waals surface area (Å²) in [4.78, 5) is 35.6. The molecule has 3 aliphatic heterocycles. The third kappa shape index (κ3) is 6.48. The number of piperazine rings is 1. The van der Waals surface area contributed by atoms with Crippen LogP contribution in [0.25, 0.3) is 0 Å². The van der Waals surface area contributed by atoms with Gasteiger partial charge in [0.2, 0.25) is 0 Å². The molecule has 3 saturated heterocycles. The second-order valence-electron chi connectivity index (χ2n) is 9.57. The van der Waals surface area contributed by atoms with E-state index < -0.39 is 5.60 Å². The molecule has 176 valence electrons. The summed E-state index contributed by atoms with van der Waals surface area (Å²) in [6.45, 7) is 10.6. The van der Waals surface area contributed by atoms with Gasteiger partial charge in [0, 0.05) is 52.9 Å². The summed E-state index contributed by atoms with van der Waals surface area (Å²) in [6.07, 6.45) is 4.36. The highest BCUT2D eigenvalue weighted by molar-refractivity contribution is 5.83. The van der Waals surface area contributed by atoms with Gasteiger partial charge >= 0.3 is 6.09 Å². The van der Waals surface area contributed by atoms with Crippen LogP contribution in [0.15, 0.2) is 4.99 Å². The van der Waals surface area contributed by atoms with Gasteiger partial charge in [-0.2, -0.15) is 0 Å². The quantitative estimate of drug-likeness (QED) is 0.534. The third-order valence-electron chi connectivity index (χ3n) is 6.06. The Morgan fingerprint density at radius 3 is 2.35 bits per heavy atom. The first-order valence-electron chi connectivity index (χ1n) is 11.6. The number of carbonyl (C=O) groups excluding carboxylic acids is 2. The molecule has 2 unspecified atom stereocenters. The number of piperidine rings is 1. The topological polar surface area (TPSA) is 86.7 Å². The summed E-state index contributed by atoms with van der Waals surface area (Å²) in [5, 5.41) is 3.45. The van der Waals surface area contributed by atoms with Crippen LogP contribution >= 0.6 is 0 Å². The Morgan fingerprint density at radius 2 is 1.74 bits per heavy atom. The molecule has 9 nitrogen and oxygen atoms in total. The summed E-state index contributed by atoms with van der Waals surface area (Å²) >= 11 is 0. The van der Waals surface area contributed by atoms with Crippen molar-refractivity contribution in [2.75, 3.05) is 52.9 Å². The Kier molecular flexibility index (Phi) is 8.02. The fourth-order valence-electron chi connectivity index (χ4n) is 4.43. The molecule has 0 spiro atoms. The second kappa shape index (κ2) is 10.5. The highest BCUT2D eigenvalue weighted by Crippen LogP contribution is 2.20. The number of aliphatic imine (C=N–C) groups is 1. The third-order valence-corrected chi connectivity index (χ3v) is 6.06. The predicted molar refractivity (Wildman–Crippen MR) is 119 cm³/mol. The van der Waals surface area contributed by atoms with E-state index in [2.05, 4.69) is 15.2 Å². The van der Waals surface area contributed by atoms with E-state index in [0.717, 1.165) is 57.7 Å². The summed E-state index contributed by atoms with van der Waals surface area (Å²) in [7, 11) is 1.78. The van der Waals surface area contributed by atoms with Crippen LogP contribution in [0.5, 0.6) is 0 Å². The number of guanidine groups is 1. The zero-order valence-corrected chi connectivity index (χ0v) is 19.6. The van der Waals surface area contributed by atoms with Crippen molar-refractivity contribution in [3.63, 3.8) is 0 Å². The first-order chi connectivity index (χ1) is 14.8. The molecular weight excluding hydrogens is 398 g/mol. The van der Waals surface area contributed by atoms with Crippen LogP contribution in [0.1, 0.15) is 52.9 Å². The van der Waals surface area contributed by atoms with Crippen molar-refractivity contribution in [3.05, 3.63) is 0 Å². The summed E-state index contributed by atoms with van der Waals surface area (Å²) in [5.41, 5.74) is -0.497. The van der Waals surface area contributed by atoms with Crippen LogP contribution < -0.4 is 5.32 Å². The summed E-state index contributed by atoms with van der Waals surface area (Å²) in [5.74, 6) is 0.939. The van der Waals surface area contributed by atoms with Crippen molar-refractivity contribution >= 4 is 18.0 Å². The van der Waals surface area contributed by atoms with E-state index in [9.17, 15) is 9.59 Å². The lowest BCUT2D eigenvalue weighted by atomic mass is 10.0. The molecule has 0 saturated carbocycles. The van der Waals surface area contributed by atoms with Gasteiger partial charge in [0.1, 0.15) is 11.7 Å². The number of hydrogen-bond donors (Lipinski definition) is 1. The highest BCUT2D eigenvalue weighted by Gasteiger charge is 2.33. The van der Waals surface area contributed by atoms with Crippen LogP contribution in [0.4, 0.5) is 4.79 Å². The molecular formula is C22H39N5O4. The van der Waals surface area contributed by atoms with Gasteiger partial charge in [-0.05, 0) is 52.9 Å². The fourth-order valence-corrected chi connectivity index (χ4v) is 4.43.